The molecule has 1 saturated carbocycles. The summed E-state index contributed by atoms with van der Waals surface area (Å²) in [5, 5.41) is 19.2. The average molecular weight is 283 g/mol. The largest absolute Gasteiger partial charge is 0.481 e. The predicted molar refractivity (Wildman–Crippen MR) is 74.1 cm³/mol. The molecule has 0 atom stereocenters. The lowest BCUT2D eigenvalue weighted by molar-refractivity contribution is -0.147. The Morgan fingerprint density at radius 1 is 1.10 bits per heavy atom. The third-order valence-corrected chi connectivity index (χ3v) is 5.09. The van der Waals surface area contributed by atoms with E-state index in [1.165, 1.54) is 0 Å². The summed E-state index contributed by atoms with van der Waals surface area (Å²) in [7, 11) is 0. The summed E-state index contributed by atoms with van der Waals surface area (Å²) in [6, 6.07) is 0. The molecule has 1 heterocycles. The van der Waals surface area contributed by atoms with Crippen molar-refractivity contribution in [3.05, 3.63) is 0 Å². The molecule has 0 aromatic rings. The van der Waals surface area contributed by atoms with E-state index in [2.05, 4.69) is 0 Å². The Bertz CT molecular complexity index is 366. The first-order valence-electron chi connectivity index (χ1n) is 7.69. The molecule has 0 unspecified atom stereocenters. The van der Waals surface area contributed by atoms with Gasteiger partial charge < -0.3 is 15.1 Å². The fourth-order valence-electron chi connectivity index (χ4n) is 3.34. The van der Waals surface area contributed by atoms with Crippen molar-refractivity contribution in [2.45, 2.75) is 57.5 Å². The molecule has 0 aromatic carbocycles. The number of piperidine rings is 1. The number of carboxylic acid groups (broad SMARTS) is 1. The van der Waals surface area contributed by atoms with Gasteiger partial charge in [0.25, 0.3) is 0 Å². The summed E-state index contributed by atoms with van der Waals surface area (Å²) >= 11 is 0. The molecule has 1 aliphatic carbocycles. The fraction of sp³-hybridized carbons (Fsp3) is 0.867. The van der Waals surface area contributed by atoms with E-state index in [0.29, 0.717) is 51.6 Å². The van der Waals surface area contributed by atoms with Crippen LogP contribution in [0.5, 0.6) is 0 Å². The number of carbonyl (C=O) groups is 2. The van der Waals surface area contributed by atoms with Gasteiger partial charge in [-0.1, -0.05) is 6.92 Å². The maximum atomic E-state index is 12.4. The number of likely N-dealkylation sites (tertiary alicyclic amines) is 1. The number of hydrogen-bond acceptors (Lipinski definition) is 3. The first kappa shape index (κ1) is 15.3. The molecule has 2 fully saturated rings. The van der Waals surface area contributed by atoms with Gasteiger partial charge in [0.15, 0.2) is 0 Å². The Labute approximate surface area is 120 Å². The molecule has 0 spiro atoms. The van der Waals surface area contributed by atoms with Crippen LogP contribution in [0.3, 0.4) is 0 Å². The van der Waals surface area contributed by atoms with Crippen molar-refractivity contribution in [3.63, 3.8) is 0 Å². The van der Waals surface area contributed by atoms with Crippen molar-refractivity contribution in [1.29, 1.82) is 0 Å². The molecule has 20 heavy (non-hydrogen) atoms. The van der Waals surface area contributed by atoms with Gasteiger partial charge in [-0.2, -0.15) is 0 Å². The summed E-state index contributed by atoms with van der Waals surface area (Å²) in [6.07, 6.45) is 4.63. The van der Waals surface area contributed by atoms with Gasteiger partial charge in [-0.05, 0) is 44.9 Å². The number of aliphatic hydroxyl groups is 1. The van der Waals surface area contributed by atoms with Crippen molar-refractivity contribution in [2.24, 2.45) is 11.8 Å². The smallest absolute Gasteiger partial charge is 0.306 e. The first-order chi connectivity index (χ1) is 9.45. The van der Waals surface area contributed by atoms with Gasteiger partial charge in [0.1, 0.15) is 0 Å². The lowest BCUT2D eigenvalue weighted by Crippen LogP contribution is -2.48. The molecule has 1 aliphatic heterocycles. The normalized spacial score (nSPS) is 30.0. The van der Waals surface area contributed by atoms with E-state index >= 15 is 0 Å². The second-order valence-electron chi connectivity index (χ2n) is 6.29. The van der Waals surface area contributed by atoms with Gasteiger partial charge in [0.2, 0.25) is 5.91 Å². The number of amides is 1. The molecule has 0 aromatic heterocycles. The average Bonchev–Trinajstić information content (AvgIpc) is 2.47. The summed E-state index contributed by atoms with van der Waals surface area (Å²) in [5.74, 6) is -0.863. The van der Waals surface area contributed by atoms with Crippen LogP contribution in [0.15, 0.2) is 0 Å². The Kier molecular flexibility index (Phi) is 4.68. The molecule has 1 saturated heterocycles. The van der Waals surface area contributed by atoms with E-state index in [0.717, 1.165) is 6.42 Å². The van der Waals surface area contributed by atoms with E-state index in [4.69, 9.17) is 5.11 Å². The summed E-state index contributed by atoms with van der Waals surface area (Å²) in [6.45, 7) is 3.23. The van der Waals surface area contributed by atoms with E-state index in [-0.39, 0.29) is 17.7 Å². The van der Waals surface area contributed by atoms with Crippen LogP contribution >= 0.6 is 0 Å². The maximum absolute atomic E-state index is 12.4. The highest BCUT2D eigenvalue weighted by molar-refractivity contribution is 5.79. The minimum absolute atomic E-state index is 0.0154. The Morgan fingerprint density at radius 2 is 1.60 bits per heavy atom. The quantitative estimate of drug-likeness (QED) is 0.825. The van der Waals surface area contributed by atoms with E-state index in [9.17, 15) is 14.7 Å². The maximum Gasteiger partial charge on any atom is 0.306 e. The fourth-order valence-corrected chi connectivity index (χ4v) is 3.34. The third kappa shape index (κ3) is 3.32. The Balaban J connectivity index is 1.83. The van der Waals surface area contributed by atoms with Gasteiger partial charge in [0, 0.05) is 19.0 Å². The first-order valence-corrected chi connectivity index (χ1v) is 7.69. The van der Waals surface area contributed by atoms with Crippen molar-refractivity contribution < 1.29 is 19.8 Å². The molecule has 1 amide bonds. The van der Waals surface area contributed by atoms with Crippen LogP contribution in [0.4, 0.5) is 0 Å². The second kappa shape index (κ2) is 6.12. The van der Waals surface area contributed by atoms with Crippen LogP contribution in [-0.2, 0) is 9.59 Å². The highest BCUT2D eigenvalue weighted by atomic mass is 16.4. The third-order valence-electron chi connectivity index (χ3n) is 5.09. The van der Waals surface area contributed by atoms with Gasteiger partial charge >= 0.3 is 5.97 Å². The van der Waals surface area contributed by atoms with Crippen molar-refractivity contribution in [1.82, 2.24) is 4.90 Å². The highest BCUT2D eigenvalue weighted by Crippen LogP contribution is 2.32. The standard InChI is InChI=1S/C15H25NO4/c1-2-15(20)7-9-16(10-8-15)13(17)11-3-5-12(6-4-11)14(18)19/h11-12,20H,2-10H2,1H3,(H,18,19). The van der Waals surface area contributed by atoms with Crippen molar-refractivity contribution in [3.8, 4) is 0 Å². The molecule has 114 valence electrons. The minimum atomic E-state index is -0.734. The Hall–Kier alpha value is -1.10. The number of rotatable bonds is 3. The lowest BCUT2D eigenvalue weighted by Gasteiger charge is -2.39. The molecule has 5 heteroatoms. The van der Waals surface area contributed by atoms with Crippen LogP contribution in [0.2, 0.25) is 0 Å². The molecular formula is C15H25NO4. The zero-order valence-corrected chi connectivity index (χ0v) is 12.2. The minimum Gasteiger partial charge on any atom is -0.481 e. The van der Waals surface area contributed by atoms with E-state index < -0.39 is 11.6 Å². The number of aliphatic carboxylic acids is 1. The molecule has 5 nitrogen and oxygen atoms in total. The summed E-state index contributed by atoms with van der Waals surface area (Å²) in [5.41, 5.74) is -0.599. The van der Waals surface area contributed by atoms with Crippen molar-refractivity contribution in [2.75, 3.05) is 13.1 Å². The predicted octanol–water partition coefficient (Wildman–Crippen LogP) is 1.64. The lowest BCUT2D eigenvalue weighted by atomic mass is 9.80. The van der Waals surface area contributed by atoms with E-state index in [1.54, 1.807) is 0 Å². The molecular weight excluding hydrogens is 258 g/mol. The van der Waals surface area contributed by atoms with Crippen molar-refractivity contribution >= 4 is 11.9 Å². The van der Waals surface area contributed by atoms with Gasteiger partial charge in [-0.15, -0.1) is 0 Å². The van der Waals surface area contributed by atoms with Crippen LogP contribution in [0, 0.1) is 11.8 Å². The number of nitrogens with zero attached hydrogens (tertiary/aromatic N) is 1. The second-order valence-corrected chi connectivity index (χ2v) is 6.29. The highest BCUT2D eigenvalue weighted by Gasteiger charge is 2.36. The molecule has 0 bridgehead atoms. The zero-order valence-electron chi connectivity index (χ0n) is 12.2. The van der Waals surface area contributed by atoms with Gasteiger partial charge in [-0.25, -0.2) is 0 Å². The van der Waals surface area contributed by atoms with Crippen LogP contribution in [-0.4, -0.2) is 45.7 Å². The molecule has 2 rings (SSSR count). The summed E-state index contributed by atoms with van der Waals surface area (Å²) in [4.78, 5) is 25.2. The summed E-state index contributed by atoms with van der Waals surface area (Å²) < 4.78 is 0. The van der Waals surface area contributed by atoms with Crippen LogP contribution in [0.1, 0.15) is 51.9 Å². The topological polar surface area (TPSA) is 77.8 Å². The monoisotopic (exact) mass is 283 g/mol. The molecule has 2 N–H and O–H groups in total. The van der Waals surface area contributed by atoms with E-state index in [1.807, 2.05) is 11.8 Å². The number of carbonyl (C=O) groups excluding carboxylic acids is 1. The zero-order chi connectivity index (χ0) is 14.8. The molecule has 0 radical (unpaired) electrons. The Morgan fingerprint density at radius 3 is 2.05 bits per heavy atom. The van der Waals surface area contributed by atoms with Crippen LogP contribution in [0.25, 0.3) is 0 Å². The number of hydrogen-bond donors (Lipinski definition) is 2. The van der Waals surface area contributed by atoms with Crippen LogP contribution < -0.4 is 0 Å². The van der Waals surface area contributed by atoms with Gasteiger partial charge in [-0.3, -0.25) is 9.59 Å². The number of carboxylic acids is 1. The van der Waals surface area contributed by atoms with Gasteiger partial charge in [0.05, 0.1) is 11.5 Å². The SMILES string of the molecule is CCC1(O)CCN(C(=O)C2CCC(C(=O)O)CC2)CC1. The molecule has 2 aliphatic rings.